The summed E-state index contributed by atoms with van der Waals surface area (Å²) >= 11 is 0. The number of carbonyl (C=O) groups is 2. The highest BCUT2D eigenvalue weighted by Crippen LogP contribution is 2.61. The van der Waals surface area contributed by atoms with Crippen LogP contribution in [0.1, 0.15) is 20.1 Å². The summed E-state index contributed by atoms with van der Waals surface area (Å²) in [5, 5.41) is 51.9. The maximum atomic E-state index is 12.7. The van der Waals surface area contributed by atoms with E-state index in [2.05, 4.69) is 14.2 Å². The third kappa shape index (κ3) is 8.86. The minimum absolute atomic E-state index is 0.709. The van der Waals surface area contributed by atoms with Crippen LogP contribution >= 0.6 is 15.6 Å². The van der Waals surface area contributed by atoms with Crippen LogP contribution in [-0.4, -0.2) is 125 Å². The molecule has 12 atom stereocenters. The van der Waals surface area contributed by atoms with E-state index in [1.165, 1.54) is 0 Å². The Morgan fingerprint density at radius 1 is 1.09 bits per heavy atom. The van der Waals surface area contributed by atoms with Crippen LogP contribution < -0.4 is 16.6 Å². The number of aliphatic hydroxyl groups excluding tert-OH is 4. The molecule has 1 aromatic rings. The van der Waals surface area contributed by atoms with Gasteiger partial charge in [-0.05, 0) is 6.92 Å². The number of rotatable bonds is 13. The van der Waals surface area contributed by atoms with Gasteiger partial charge in [-0.25, -0.2) is 18.7 Å². The Morgan fingerprint density at radius 3 is 2.32 bits per heavy atom. The summed E-state index contributed by atoms with van der Waals surface area (Å²) in [6, 6.07) is -0.828. The van der Waals surface area contributed by atoms with Crippen molar-refractivity contribution in [1.82, 2.24) is 14.9 Å². The van der Waals surface area contributed by atoms with Crippen LogP contribution in [0.4, 0.5) is 0 Å². The van der Waals surface area contributed by atoms with Crippen molar-refractivity contribution in [2.75, 3.05) is 13.2 Å². The SMILES string of the molecule is CC(=O)N[C@H]1C(OP(=O)(O)OP(=O)(O)OC[C@H]2O[C@@H](n3ccc(=O)[nH]c3=O)[C@H](O)[C@@H]2O)O[C@H](CO)[C@@H](O)[C@@H]1O[C@H](C)C(=O)O. The summed E-state index contributed by atoms with van der Waals surface area (Å²) in [6.07, 6.45) is -14.8. The molecule has 2 fully saturated rings. The van der Waals surface area contributed by atoms with E-state index in [-0.39, 0.29) is 0 Å². The normalized spacial score (nSPS) is 34.0. The first-order valence-corrected chi connectivity index (χ1v) is 15.5. The fraction of sp³-hybridized carbons (Fsp3) is 0.700. The standard InChI is InChI=1S/C20H31N3O19P2/c1-7(18(30)31)38-16-12(21-8(2)25)19(40-9(5-24)14(16)28)41-44(35,36)42-43(33,34)37-6-10-13(27)15(29)17(39-10)23-4-3-11(26)22-20(23)32/h3-4,7,9-10,12-17,19,24,27-29H,5-6H2,1-2H3,(H,21,25)(H,30,31)(H,33,34)(H,35,36)(H,22,26,32)/t7-,9-,10-,12-,13-,14-,15-,16-,17-,19?/m1/s1. The zero-order valence-corrected chi connectivity index (χ0v) is 24.5. The number of ether oxygens (including phenoxy) is 3. The monoisotopic (exact) mass is 679 g/mol. The lowest BCUT2D eigenvalue weighted by molar-refractivity contribution is -0.262. The maximum absolute atomic E-state index is 12.7. The fourth-order valence-corrected chi connectivity index (χ4v) is 6.36. The van der Waals surface area contributed by atoms with Gasteiger partial charge in [0.15, 0.2) is 18.6 Å². The van der Waals surface area contributed by atoms with Gasteiger partial charge in [0.2, 0.25) is 5.91 Å². The third-order valence-electron chi connectivity index (χ3n) is 6.24. The van der Waals surface area contributed by atoms with Gasteiger partial charge in [0.25, 0.3) is 5.56 Å². The van der Waals surface area contributed by atoms with Gasteiger partial charge < -0.3 is 54.8 Å². The number of aromatic nitrogens is 2. The molecule has 1 aromatic heterocycles. The molecule has 3 heterocycles. The summed E-state index contributed by atoms with van der Waals surface area (Å²) in [5.41, 5.74) is -1.79. The van der Waals surface area contributed by atoms with Crippen molar-refractivity contribution in [2.24, 2.45) is 0 Å². The van der Waals surface area contributed by atoms with Gasteiger partial charge in [-0.1, -0.05) is 0 Å². The molecule has 44 heavy (non-hydrogen) atoms. The molecule has 3 rings (SSSR count). The average Bonchev–Trinajstić information content (AvgIpc) is 3.18. The lowest BCUT2D eigenvalue weighted by atomic mass is 9.96. The molecule has 24 heteroatoms. The second-order valence-corrected chi connectivity index (χ2v) is 12.5. The molecule has 3 unspecified atom stereocenters. The number of aromatic amines is 1. The van der Waals surface area contributed by atoms with Crippen LogP contribution in [0.3, 0.4) is 0 Å². The predicted molar refractivity (Wildman–Crippen MR) is 136 cm³/mol. The van der Waals surface area contributed by atoms with Gasteiger partial charge in [0.1, 0.15) is 42.7 Å². The molecule has 2 aliphatic rings. The summed E-state index contributed by atoms with van der Waals surface area (Å²) in [5.74, 6) is -2.35. The first-order valence-electron chi connectivity index (χ1n) is 12.5. The predicted octanol–water partition coefficient (Wildman–Crippen LogP) is -4.15. The van der Waals surface area contributed by atoms with E-state index >= 15 is 0 Å². The zero-order valence-electron chi connectivity index (χ0n) is 22.7. The van der Waals surface area contributed by atoms with Gasteiger partial charge in [-0.3, -0.25) is 28.2 Å². The molecule has 0 spiro atoms. The Bertz CT molecular complexity index is 1400. The number of phosphoric ester groups is 2. The van der Waals surface area contributed by atoms with Gasteiger partial charge in [0.05, 0.1) is 13.2 Å². The maximum Gasteiger partial charge on any atom is 0.483 e. The number of hydrogen-bond acceptors (Lipinski definition) is 16. The first kappa shape index (κ1) is 36.1. The van der Waals surface area contributed by atoms with Crippen molar-refractivity contribution in [3.05, 3.63) is 33.1 Å². The quantitative estimate of drug-likeness (QED) is 0.0893. The number of carbonyl (C=O) groups excluding carboxylic acids is 1. The number of H-pyrrole nitrogens is 1. The molecule has 0 saturated carbocycles. The van der Waals surface area contributed by atoms with E-state index in [9.17, 15) is 63.6 Å². The smallest absolute Gasteiger partial charge is 0.479 e. The highest BCUT2D eigenvalue weighted by Gasteiger charge is 2.52. The molecule has 22 nitrogen and oxygen atoms in total. The van der Waals surface area contributed by atoms with Crippen molar-refractivity contribution in [2.45, 2.75) is 75.1 Å². The number of aliphatic carboxylic acids is 1. The lowest BCUT2D eigenvalue weighted by Gasteiger charge is -2.44. The number of amides is 1. The fourth-order valence-electron chi connectivity index (χ4n) is 4.20. The molecular weight excluding hydrogens is 648 g/mol. The number of carboxylic acids is 1. The second kappa shape index (κ2) is 14.4. The molecule has 2 aliphatic heterocycles. The minimum atomic E-state index is -5.74. The average molecular weight is 679 g/mol. The number of hydrogen-bond donors (Lipinski definition) is 9. The van der Waals surface area contributed by atoms with Gasteiger partial charge in [0, 0.05) is 19.2 Å². The van der Waals surface area contributed by atoms with Crippen molar-refractivity contribution in [1.29, 1.82) is 0 Å². The summed E-state index contributed by atoms with van der Waals surface area (Å²) in [4.78, 5) is 68.5. The summed E-state index contributed by atoms with van der Waals surface area (Å²) in [7, 11) is -11.3. The van der Waals surface area contributed by atoms with E-state index < -0.39 is 113 Å². The van der Waals surface area contributed by atoms with Crippen LogP contribution in [0.25, 0.3) is 0 Å². The van der Waals surface area contributed by atoms with Gasteiger partial charge in [-0.15, -0.1) is 0 Å². The Morgan fingerprint density at radius 2 is 1.75 bits per heavy atom. The van der Waals surface area contributed by atoms with E-state index in [4.69, 9.17) is 18.7 Å². The topological polar surface area (TPSA) is 332 Å². The Balaban J connectivity index is 1.72. The second-order valence-electron chi connectivity index (χ2n) is 9.51. The van der Waals surface area contributed by atoms with Crippen molar-refractivity contribution < 1.29 is 81.6 Å². The number of nitrogens with one attached hydrogen (secondary N) is 2. The summed E-state index contributed by atoms with van der Waals surface area (Å²) < 4.78 is 55.3. The van der Waals surface area contributed by atoms with Crippen LogP contribution in [0.15, 0.2) is 21.9 Å². The van der Waals surface area contributed by atoms with Crippen molar-refractivity contribution in [3.63, 3.8) is 0 Å². The molecule has 250 valence electrons. The minimum Gasteiger partial charge on any atom is -0.479 e. The number of nitrogens with zero attached hydrogens (tertiary/aromatic N) is 1. The lowest BCUT2D eigenvalue weighted by Crippen LogP contribution is -2.65. The number of phosphoric acid groups is 2. The number of aliphatic hydroxyl groups is 4. The van der Waals surface area contributed by atoms with Gasteiger partial charge >= 0.3 is 27.3 Å². The van der Waals surface area contributed by atoms with E-state index in [0.29, 0.717) is 4.57 Å². The molecular formula is C20H31N3O19P2. The molecule has 1 amide bonds. The van der Waals surface area contributed by atoms with Crippen LogP contribution in [-0.2, 0) is 46.3 Å². The first-order chi connectivity index (χ1) is 20.4. The molecule has 0 aliphatic carbocycles. The third-order valence-corrected chi connectivity index (χ3v) is 8.84. The van der Waals surface area contributed by atoms with Crippen LogP contribution in [0.2, 0.25) is 0 Å². The highest BCUT2D eigenvalue weighted by molar-refractivity contribution is 7.61. The van der Waals surface area contributed by atoms with E-state index in [1.807, 2.05) is 4.98 Å². The van der Waals surface area contributed by atoms with Gasteiger partial charge in [-0.2, -0.15) is 4.31 Å². The Hall–Kier alpha value is -2.40. The van der Waals surface area contributed by atoms with Crippen molar-refractivity contribution >= 4 is 27.5 Å². The zero-order chi connectivity index (χ0) is 33.1. The molecule has 9 N–H and O–H groups in total. The molecule has 0 bridgehead atoms. The van der Waals surface area contributed by atoms with Crippen LogP contribution in [0.5, 0.6) is 0 Å². The van der Waals surface area contributed by atoms with E-state index in [0.717, 1.165) is 26.1 Å². The molecule has 0 aromatic carbocycles. The largest absolute Gasteiger partial charge is 0.483 e. The van der Waals surface area contributed by atoms with Crippen molar-refractivity contribution in [3.8, 4) is 0 Å². The molecule has 2 saturated heterocycles. The Labute approximate surface area is 245 Å². The Kier molecular flexibility index (Phi) is 11.8. The van der Waals surface area contributed by atoms with E-state index in [1.54, 1.807) is 0 Å². The highest BCUT2D eigenvalue weighted by atomic mass is 31.3. The van der Waals surface area contributed by atoms with Crippen LogP contribution in [0, 0.1) is 0 Å². The molecule has 0 radical (unpaired) electrons. The number of carboxylic acid groups (broad SMARTS) is 1. The summed E-state index contributed by atoms with van der Waals surface area (Å²) in [6.45, 7) is -0.00580.